The topological polar surface area (TPSA) is 73.8 Å². The van der Waals surface area contributed by atoms with Gasteiger partial charge < -0.3 is 17.3 Å². The number of anilines is 1. The zero-order valence-electron chi connectivity index (χ0n) is 23.9. The number of amides is 1. The van der Waals surface area contributed by atoms with Gasteiger partial charge in [-0.05, 0) is 95.2 Å². The maximum absolute atomic E-state index is 13.7. The van der Waals surface area contributed by atoms with Crippen molar-refractivity contribution >= 4 is 42.6 Å². The number of fused-ring (bicyclic) bond motifs is 1. The fourth-order valence-corrected chi connectivity index (χ4v) is 7.50. The van der Waals surface area contributed by atoms with Crippen molar-refractivity contribution in [3.8, 4) is 0 Å². The molecule has 0 saturated heterocycles. The van der Waals surface area contributed by atoms with E-state index in [1.54, 1.807) is 36.2 Å². The maximum atomic E-state index is 13.7. The lowest BCUT2D eigenvalue weighted by Gasteiger charge is -2.30. The monoisotopic (exact) mass is 578 g/mol. The molecule has 0 unspecified atom stereocenters. The number of halogens is 1. The molecule has 0 bridgehead atoms. The van der Waals surface area contributed by atoms with E-state index in [4.69, 9.17) is 4.98 Å². The van der Waals surface area contributed by atoms with Crippen molar-refractivity contribution in [2.24, 2.45) is 0 Å². The third-order valence-corrected chi connectivity index (χ3v) is 10.3. The molecule has 38 heavy (non-hydrogen) atoms. The van der Waals surface area contributed by atoms with Crippen molar-refractivity contribution in [3.05, 3.63) is 53.1 Å². The summed E-state index contributed by atoms with van der Waals surface area (Å²) in [6.07, 6.45) is 5.88. The number of aromatic nitrogens is 1. The Morgan fingerprint density at radius 2 is 1.68 bits per heavy atom. The second kappa shape index (κ2) is 12.9. The highest BCUT2D eigenvalue weighted by Crippen LogP contribution is 2.33. The third kappa shape index (κ3) is 6.74. The number of carbonyl (C=O) groups is 1. The van der Waals surface area contributed by atoms with Gasteiger partial charge in [-0.25, -0.2) is 13.4 Å². The van der Waals surface area contributed by atoms with E-state index in [9.17, 15) is 13.2 Å². The van der Waals surface area contributed by atoms with Crippen LogP contribution in [0.2, 0.25) is 0 Å². The summed E-state index contributed by atoms with van der Waals surface area (Å²) < 4.78 is 29.1. The van der Waals surface area contributed by atoms with Crippen molar-refractivity contribution < 1.29 is 27.0 Å². The van der Waals surface area contributed by atoms with E-state index in [-0.39, 0.29) is 30.7 Å². The Hall–Kier alpha value is -2.04. The lowest BCUT2D eigenvalue weighted by atomic mass is 9.96. The molecule has 1 aliphatic carbocycles. The number of hydrogen-bond donors (Lipinski definition) is 0. The molecule has 0 atom stereocenters. The highest BCUT2D eigenvalue weighted by atomic mass is 35.5. The van der Waals surface area contributed by atoms with Gasteiger partial charge in [0, 0.05) is 25.2 Å². The van der Waals surface area contributed by atoms with Crippen LogP contribution >= 0.6 is 11.3 Å². The minimum absolute atomic E-state index is 0. The van der Waals surface area contributed by atoms with Gasteiger partial charge in [0.1, 0.15) is 0 Å². The molecule has 3 aromatic rings. The first kappa shape index (κ1) is 30.5. The number of nitrogens with zero attached hydrogens (tertiary/aromatic N) is 4. The summed E-state index contributed by atoms with van der Waals surface area (Å²) in [4.78, 5) is 22.6. The van der Waals surface area contributed by atoms with Gasteiger partial charge in [-0.15, -0.1) is 0 Å². The Morgan fingerprint density at radius 1 is 1.03 bits per heavy atom. The summed E-state index contributed by atoms with van der Waals surface area (Å²) >= 11 is 1.53. The Labute approximate surface area is 238 Å². The first-order chi connectivity index (χ1) is 17.6. The normalized spacial score (nSPS) is 14.7. The molecule has 0 spiro atoms. The van der Waals surface area contributed by atoms with E-state index in [0.29, 0.717) is 17.2 Å². The molecular weight excluding hydrogens is 540 g/mol. The highest BCUT2D eigenvalue weighted by Gasteiger charge is 2.29. The minimum atomic E-state index is -3.61. The number of rotatable bonds is 9. The summed E-state index contributed by atoms with van der Waals surface area (Å²) in [5, 5.41) is 0.668. The van der Waals surface area contributed by atoms with Crippen molar-refractivity contribution in [3.63, 3.8) is 0 Å². The number of carbonyl (C=O) groups excluding carboxylic acids is 1. The van der Waals surface area contributed by atoms with Gasteiger partial charge in [-0.2, -0.15) is 4.31 Å². The van der Waals surface area contributed by atoms with Crippen LogP contribution in [0.4, 0.5) is 5.13 Å². The molecule has 1 saturated carbocycles. The standard InChI is InChI=1S/C28H38N4O3S2.ClH/c1-20-18-21(2)26-25(19-20)29-28(36-26)32(17-9-16-30(3)4)27(33)22-12-14-24(15-13-22)37(34,35)31(5)23-10-7-6-8-11-23;/h12-15,18-19,23H,6-11,16-17H2,1-5H3;1H. The quantitative estimate of drug-likeness (QED) is 0.390. The summed E-state index contributed by atoms with van der Waals surface area (Å²) in [5.74, 6) is -0.170. The average Bonchev–Trinajstić information content (AvgIpc) is 3.30. The molecule has 1 heterocycles. The second-order valence-corrected chi connectivity index (χ2v) is 13.4. The average molecular weight is 579 g/mol. The van der Waals surface area contributed by atoms with E-state index in [2.05, 4.69) is 17.9 Å². The van der Waals surface area contributed by atoms with Crippen molar-refractivity contribution in [2.45, 2.75) is 63.3 Å². The number of sulfonamides is 1. The minimum Gasteiger partial charge on any atom is -1.00 e. The van der Waals surface area contributed by atoms with Gasteiger partial charge in [0.25, 0.3) is 5.91 Å². The largest absolute Gasteiger partial charge is 1.00 e. The van der Waals surface area contributed by atoms with E-state index >= 15 is 0 Å². The van der Waals surface area contributed by atoms with Crippen molar-refractivity contribution in [2.75, 3.05) is 39.1 Å². The van der Waals surface area contributed by atoms with Crippen LogP contribution in [-0.4, -0.2) is 68.8 Å². The molecule has 0 radical (unpaired) electrons. The van der Waals surface area contributed by atoms with Crippen LogP contribution in [-0.2, 0) is 10.0 Å². The summed E-state index contributed by atoms with van der Waals surface area (Å²) in [7, 11) is 2.09. The molecule has 10 heteroatoms. The number of aryl methyl sites for hydroxylation is 2. The first-order valence-electron chi connectivity index (χ1n) is 13.0. The maximum Gasteiger partial charge on any atom is 1.00 e. The Bertz CT molecular complexity index is 1360. The van der Waals surface area contributed by atoms with Crippen LogP contribution < -0.4 is 17.3 Å². The number of benzene rings is 2. The fraction of sp³-hybridized carbons (Fsp3) is 0.500. The van der Waals surface area contributed by atoms with Crippen LogP contribution in [0.3, 0.4) is 0 Å². The Morgan fingerprint density at radius 3 is 2.32 bits per heavy atom. The zero-order chi connectivity index (χ0) is 26.7. The molecule has 1 amide bonds. The first-order valence-corrected chi connectivity index (χ1v) is 15.3. The molecule has 1 fully saturated rings. The Kier molecular flexibility index (Phi) is 10.3. The van der Waals surface area contributed by atoms with Crippen LogP contribution in [0.1, 0.15) is 61.4 Å². The number of hydrogen-bond acceptors (Lipinski definition) is 6. The van der Waals surface area contributed by atoms with Gasteiger partial charge in [0.05, 0.1) is 15.1 Å². The molecule has 4 rings (SSSR count). The molecule has 0 N–H and O–H groups in total. The van der Waals surface area contributed by atoms with Crippen molar-refractivity contribution in [1.29, 1.82) is 0 Å². The molecule has 0 aliphatic heterocycles. The second-order valence-electron chi connectivity index (χ2n) is 10.4. The molecule has 1 aromatic heterocycles. The van der Waals surface area contributed by atoms with Gasteiger partial charge in [-0.3, -0.25) is 9.69 Å². The van der Waals surface area contributed by atoms with E-state index < -0.39 is 10.0 Å². The zero-order valence-corrected chi connectivity index (χ0v) is 25.3. The molecule has 208 valence electrons. The van der Waals surface area contributed by atoms with Crippen LogP contribution in [0.25, 0.3) is 10.2 Å². The summed E-state index contributed by atoms with van der Waals surface area (Å²) in [6.45, 7) is 5.49. The van der Waals surface area contributed by atoms with Gasteiger partial charge >= 0.3 is 1.43 Å². The summed E-state index contributed by atoms with van der Waals surface area (Å²) in [5.41, 5.74) is 3.64. The smallest absolute Gasteiger partial charge is 1.00 e. The van der Waals surface area contributed by atoms with Gasteiger partial charge in [0.15, 0.2) is 5.13 Å². The predicted molar refractivity (Wildman–Crippen MR) is 153 cm³/mol. The lowest BCUT2D eigenvalue weighted by Crippen LogP contribution is -3.00. The van der Waals surface area contributed by atoms with Gasteiger partial charge in [0.2, 0.25) is 10.0 Å². The highest BCUT2D eigenvalue weighted by molar-refractivity contribution is 7.89. The van der Waals surface area contributed by atoms with E-state index in [0.717, 1.165) is 60.0 Å². The van der Waals surface area contributed by atoms with E-state index in [1.807, 2.05) is 27.1 Å². The fourth-order valence-electron chi connectivity index (χ4n) is 5.04. The third-order valence-electron chi connectivity index (χ3n) is 7.14. The van der Waals surface area contributed by atoms with Crippen molar-refractivity contribution in [1.82, 2.24) is 14.2 Å². The Balaban J connectivity index is 0.00000267. The lowest BCUT2D eigenvalue weighted by molar-refractivity contribution is -0.0000180. The molecule has 7 nitrogen and oxygen atoms in total. The van der Waals surface area contributed by atoms with Crippen LogP contribution in [0.15, 0.2) is 41.3 Å². The van der Waals surface area contributed by atoms with Crippen LogP contribution in [0.5, 0.6) is 0 Å². The van der Waals surface area contributed by atoms with E-state index in [1.165, 1.54) is 22.1 Å². The summed E-state index contributed by atoms with van der Waals surface area (Å²) in [6, 6.07) is 10.6. The molecule has 2 aromatic carbocycles. The molecule has 1 aliphatic rings. The van der Waals surface area contributed by atoms with Crippen LogP contribution in [0, 0.1) is 13.8 Å². The van der Waals surface area contributed by atoms with Gasteiger partial charge in [-0.1, -0.05) is 36.7 Å². The predicted octanol–water partition coefficient (Wildman–Crippen LogP) is 2.58. The SMILES string of the molecule is Cc1cc(C)c2sc(N(CCCN(C)C)C(=O)c3ccc(S(=O)(=O)N(C)C4CCCCC4)cc3)nc2c1.[Cl-].[H+]. The number of thiazole rings is 1. The molecular formula is C28H39ClN4O3S2.